The fourth-order valence-corrected chi connectivity index (χ4v) is 1.83. The lowest BCUT2D eigenvalue weighted by molar-refractivity contribution is -0.274. The van der Waals surface area contributed by atoms with Crippen molar-refractivity contribution in [2.24, 2.45) is 0 Å². The van der Waals surface area contributed by atoms with Gasteiger partial charge in [0.2, 0.25) is 0 Å². The molecule has 0 aliphatic heterocycles. The van der Waals surface area contributed by atoms with Crippen molar-refractivity contribution in [2.45, 2.75) is 19.7 Å². The van der Waals surface area contributed by atoms with Crippen LogP contribution in [0.1, 0.15) is 12.6 Å². The van der Waals surface area contributed by atoms with Crippen molar-refractivity contribution in [3.8, 4) is 5.75 Å². The topological polar surface area (TPSA) is 51.3 Å². The highest BCUT2D eigenvalue weighted by Crippen LogP contribution is 2.26. The van der Waals surface area contributed by atoms with Crippen LogP contribution in [-0.2, 0) is 16.0 Å². The van der Waals surface area contributed by atoms with Crippen LogP contribution in [0, 0.1) is 0 Å². The largest absolute Gasteiger partial charge is 0.573 e. The third-order valence-corrected chi connectivity index (χ3v) is 2.52. The molecule has 1 N–H and O–H groups in total. The van der Waals surface area contributed by atoms with Crippen molar-refractivity contribution in [3.63, 3.8) is 0 Å². The highest BCUT2D eigenvalue weighted by molar-refractivity contribution is 5.83. The number of hydrogen-bond donors (Lipinski definition) is 1. The molecule has 0 bridgehead atoms. The number of aromatic amines is 1. The van der Waals surface area contributed by atoms with Gasteiger partial charge >= 0.3 is 12.3 Å². The number of esters is 1. The predicted octanol–water partition coefficient (Wildman–Crippen LogP) is 3.17. The molecular formula is C13H12F3NO3. The Kier molecular flexibility index (Phi) is 3.87. The first-order valence-corrected chi connectivity index (χ1v) is 5.90. The average Bonchev–Trinajstić information content (AvgIpc) is 2.68. The van der Waals surface area contributed by atoms with E-state index in [-0.39, 0.29) is 18.8 Å². The fourth-order valence-electron chi connectivity index (χ4n) is 1.83. The van der Waals surface area contributed by atoms with Crippen LogP contribution in [0.5, 0.6) is 5.75 Å². The van der Waals surface area contributed by atoms with E-state index in [1.165, 1.54) is 18.2 Å². The zero-order valence-electron chi connectivity index (χ0n) is 10.6. The summed E-state index contributed by atoms with van der Waals surface area (Å²) in [6, 6.07) is 5.52. The van der Waals surface area contributed by atoms with Crippen LogP contribution in [0.3, 0.4) is 0 Å². The number of hydrogen-bond acceptors (Lipinski definition) is 3. The monoisotopic (exact) mass is 287 g/mol. The number of fused-ring (bicyclic) bond motifs is 1. The normalized spacial score (nSPS) is 11.6. The number of nitrogens with one attached hydrogen (secondary N) is 1. The van der Waals surface area contributed by atoms with Crippen LogP contribution in [-0.4, -0.2) is 23.9 Å². The first-order valence-electron chi connectivity index (χ1n) is 5.90. The second kappa shape index (κ2) is 5.44. The van der Waals surface area contributed by atoms with Gasteiger partial charge in [0, 0.05) is 16.6 Å². The molecule has 1 heterocycles. The van der Waals surface area contributed by atoms with Gasteiger partial charge < -0.3 is 14.5 Å². The molecule has 0 atom stereocenters. The Hall–Kier alpha value is -2.18. The van der Waals surface area contributed by atoms with E-state index >= 15 is 0 Å². The second-order valence-corrected chi connectivity index (χ2v) is 4.07. The van der Waals surface area contributed by atoms with Crippen LogP contribution in [0.4, 0.5) is 13.2 Å². The Balaban J connectivity index is 2.19. The molecular weight excluding hydrogens is 275 g/mol. The van der Waals surface area contributed by atoms with E-state index in [0.717, 1.165) is 0 Å². The van der Waals surface area contributed by atoms with Crippen LogP contribution in [0.2, 0.25) is 0 Å². The lowest BCUT2D eigenvalue weighted by Crippen LogP contribution is -2.16. The van der Waals surface area contributed by atoms with Gasteiger partial charge in [0.15, 0.2) is 0 Å². The number of H-pyrrole nitrogens is 1. The number of ether oxygens (including phenoxy) is 2. The molecule has 0 aliphatic rings. The Labute approximate surface area is 112 Å². The molecule has 0 amide bonds. The maximum absolute atomic E-state index is 12.1. The standard InChI is InChI=1S/C13H12F3NO3/c1-2-19-12(18)7-9-5-8-6-10(20-13(14,15)16)3-4-11(8)17-9/h3-6,17H,2,7H2,1H3. The zero-order chi connectivity index (χ0) is 14.8. The van der Waals surface area contributed by atoms with Gasteiger partial charge in [-0.05, 0) is 31.2 Å². The van der Waals surface area contributed by atoms with Gasteiger partial charge in [-0.1, -0.05) is 0 Å². The van der Waals surface area contributed by atoms with Crippen molar-refractivity contribution in [3.05, 3.63) is 30.0 Å². The molecule has 0 fully saturated rings. The van der Waals surface area contributed by atoms with E-state index in [0.29, 0.717) is 16.6 Å². The Morgan fingerprint density at radius 2 is 2.05 bits per heavy atom. The maximum atomic E-state index is 12.1. The van der Waals surface area contributed by atoms with Gasteiger partial charge in [-0.15, -0.1) is 13.2 Å². The summed E-state index contributed by atoms with van der Waals surface area (Å²) in [6.07, 6.45) is -4.68. The molecule has 0 spiro atoms. The molecule has 0 aliphatic carbocycles. The van der Waals surface area contributed by atoms with Crippen molar-refractivity contribution in [2.75, 3.05) is 6.61 Å². The summed E-state index contributed by atoms with van der Waals surface area (Å²) in [4.78, 5) is 14.3. The summed E-state index contributed by atoms with van der Waals surface area (Å²) in [7, 11) is 0. The summed E-state index contributed by atoms with van der Waals surface area (Å²) >= 11 is 0. The molecule has 108 valence electrons. The molecule has 2 rings (SSSR count). The van der Waals surface area contributed by atoms with Crippen LogP contribution >= 0.6 is 0 Å². The summed E-state index contributed by atoms with van der Waals surface area (Å²) in [5, 5.41) is 0.533. The third-order valence-electron chi connectivity index (χ3n) is 2.52. The predicted molar refractivity (Wildman–Crippen MR) is 65.3 cm³/mol. The number of rotatable bonds is 4. The number of carbonyl (C=O) groups excluding carboxylic acids is 1. The van der Waals surface area contributed by atoms with Crippen molar-refractivity contribution in [1.29, 1.82) is 0 Å². The van der Waals surface area contributed by atoms with Crippen molar-refractivity contribution in [1.82, 2.24) is 4.98 Å². The second-order valence-electron chi connectivity index (χ2n) is 4.07. The summed E-state index contributed by atoms with van der Waals surface area (Å²) in [6.45, 7) is 1.98. The molecule has 0 saturated carbocycles. The molecule has 4 nitrogen and oxygen atoms in total. The van der Waals surface area contributed by atoms with Crippen molar-refractivity contribution >= 4 is 16.9 Å². The molecule has 1 aromatic heterocycles. The van der Waals surface area contributed by atoms with Crippen LogP contribution < -0.4 is 4.74 Å². The van der Waals surface area contributed by atoms with Gasteiger partial charge in [0.1, 0.15) is 5.75 Å². The molecule has 2 aromatic rings. The number of benzene rings is 1. The van der Waals surface area contributed by atoms with E-state index in [9.17, 15) is 18.0 Å². The number of alkyl halides is 3. The van der Waals surface area contributed by atoms with E-state index in [1.54, 1.807) is 13.0 Å². The van der Waals surface area contributed by atoms with Crippen LogP contribution in [0.25, 0.3) is 10.9 Å². The SMILES string of the molecule is CCOC(=O)Cc1cc2cc(OC(F)(F)F)ccc2[nH]1. The molecule has 0 radical (unpaired) electrons. The van der Waals surface area contributed by atoms with E-state index in [4.69, 9.17) is 4.74 Å². The first-order chi connectivity index (χ1) is 9.37. The van der Waals surface area contributed by atoms with Crippen molar-refractivity contribution < 1.29 is 27.4 Å². The quantitative estimate of drug-likeness (QED) is 0.879. The van der Waals surface area contributed by atoms with E-state index in [1.807, 2.05) is 0 Å². The van der Waals surface area contributed by atoms with E-state index < -0.39 is 12.3 Å². The van der Waals surface area contributed by atoms with Crippen LogP contribution in [0.15, 0.2) is 24.3 Å². The summed E-state index contributed by atoms with van der Waals surface area (Å²) < 4.78 is 45.0. The maximum Gasteiger partial charge on any atom is 0.573 e. The molecule has 0 unspecified atom stereocenters. The minimum absolute atomic E-state index is 0.0397. The zero-order valence-corrected chi connectivity index (χ0v) is 10.6. The fraction of sp³-hybridized carbons (Fsp3) is 0.308. The number of aromatic nitrogens is 1. The van der Waals surface area contributed by atoms with Gasteiger partial charge in [0.25, 0.3) is 0 Å². The van der Waals surface area contributed by atoms with E-state index in [2.05, 4.69) is 9.72 Å². The highest BCUT2D eigenvalue weighted by atomic mass is 19.4. The third kappa shape index (κ3) is 3.66. The summed E-state index contributed by atoms with van der Waals surface area (Å²) in [5.74, 6) is -0.697. The van der Waals surface area contributed by atoms with Gasteiger partial charge in [-0.3, -0.25) is 4.79 Å². The molecule has 20 heavy (non-hydrogen) atoms. The minimum Gasteiger partial charge on any atom is -0.466 e. The van der Waals surface area contributed by atoms with Gasteiger partial charge in [0.05, 0.1) is 13.0 Å². The molecule has 0 saturated heterocycles. The van der Waals surface area contributed by atoms with Gasteiger partial charge in [-0.25, -0.2) is 0 Å². The van der Waals surface area contributed by atoms with Gasteiger partial charge in [-0.2, -0.15) is 0 Å². The Bertz CT molecular complexity index is 619. The lowest BCUT2D eigenvalue weighted by Gasteiger charge is -2.08. The average molecular weight is 287 g/mol. The molecule has 7 heteroatoms. The smallest absolute Gasteiger partial charge is 0.466 e. The Morgan fingerprint density at radius 1 is 1.30 bits per heavy atom. The lowest BCUT2D eigenvalue weighted by atomic mass is 10.2. The number of halogens is 3. The minimum atomic E-state index is -4.72. The number of carbonyl (C=O) groups is 1. The molecule has 1 aromatic carbocycles. The Morgan fingerprint density at radius 3 is 2.70 bits per heavy atom. The first kappa shape index (κ1) is 14.2. The highest BCUT2D eigenvalue weighted by Gasteiger charge is 2.31. The summed E-state index contributed by atoms with van der Waals surface area (Å²) in [5.41, 5.74) is 1.20.